The third kappa shape index (κ3) is 6.53. The summed E-state index contributed by atoms with van der Waals surface area (Å²) in [5, 5.41) is 28.9. The first-order valence-electron chi connectivity index (χ1n) is 5.46. The number of aliphatic hydroxyl groups excluding tert-OH is 1. The second-order valence-electron chi connectivity index (χ2n) is 4.24. The Morgan fingerprint density at radius 1 is 1.41 bits per heavy atom. The van der Waals surface area contributed by atoms with Crippen molar-refractivity contribution in [3.63, 3.8) is 0 Å². The minimum Gasteiger partial charge on any atom is -0.480 e. The molecule has 0 heterocycles. The standard InChI is InChI=1S/C11H18N2O4/c1-7(2)6-9(14)10(15)13-8(11(16)17)4-3-5-12/h7-9,14H,3-4,6H2,1-2H3,(H,13,15)(H,16,17)/t8-,9-/m1/s1. The Morgan fingerprint density at radius 3 is 2.41 bits per heavy atom. The Bertz CT molecular complexity index is 309. The van der Waals surface area contributed by atoms with Gasteiger partial charge in [-0.3, -0.25) is 4.79 Å². The van der Waals surface area contributed by atoms with Crippen molar-refractivity contribution in [2.75, 3.05) is 0 Å². The van der Waals surface area contributed by atoms with Gasteiger partial charge in [0.15, 0.2) is 0 Å². The van der Waals surface area contributed by atoms with Crippen LogP contribution in [0.3, 0.4) is 0 Å². The molecule has 6 heteroatoms. The number of nitrogens with zero attached hydrogens (tertiary/aromatic N) is 1. The van der Waals surface area contributed by atoms with Crippen molar-refractivity contribution in [3.8, 4) is 6.07 Å². The minimum atomic E-state index is -1.21. The molecule has 0 unspecified atom stereocenters. The second-order valence-corrected chi connectivity index (χ2v) is 4.24. The molecule has 0 saturated carbocycles. The highest BCUT2D eigenvalue weighted by Gasteiger charge is 2.23. The molecule has 6 nitrogen and oxygen atoms in total. The molecule has 0 bridgehead atoms. The van der Waals surface area contributed by atoms with Gasteiger partial charge in [0.25, 0.3) is 0 Å². The van der Waals surface area contributed by atoms with Gasteiger partial charge in [-0.15, -0.1) is 0 Å². The van der Waals surface area contributed by atoms with Crippen molar-refractivity contribution < 1.29 is 19.8 Å². The van der Waals surface area contributed by atoms with Gasteiger partial charge in [-0.05, 0) is 18.8 Å². The van der Waals surface area contributed by atoms with Crippen molar-refractivity contribution in [2.24, 2.45) is 5.92 Å². The normalized spacial score (nSPS) is 13.8. The zero-order valence-corrected chi connectivity index (χ0v) is 10.0. The highest BCUT2D eigenvalue weighted by molar-refractivity contribution is 5.86. The molecular formula is C11H18N2O4. The largest absolute Gasteiger partial charge is 0.480 e. The molecule has 17 heavy (non-hydrogen) atoms. The number of rotatable bonds is 7. The molecule has 0 aromatic heterocycles. The van der Waals surface area contributed by atoms with E-state index in [1.54, 1.807) is 0 Å². The summed E-state index contributed by atoms with van der Waals surface area (Å²) in [6.07, 6.45) is -0.862. The van der Waals surface area contributed by atoms with Crippen molar-refractivity contribution in [1.29, 1.82) is 5.26 Å². The van der Waals surface area contributed by atoms with Gasteiger partial charge in [0, 0.05) is 6.42 Å². The molecule has 0 fully saturated rings. The fourth-order valence-electron chi connectivity index (χ4n) is 1.29. The van der Waals surface area contributed by atoms with Crippen LogP contribution < -0.4 is 5.32 Å². The summed E-state index contributed by atoms with van der Waals surface area (Å²) in [6, 6.07) is 0.689. The predicted molar refractivity (Wildman–Crippen MR) is 59.9 cm³/mol. The van der Waals surface area contributed by atoms with Gasteiger partial charge >= 0.3 is 5.97 Å². The van der Waals surface area contributed by atoms with E-state index in [-0.39, 0.29) is 25.2 Å². The van der Waals surface area contributed by atoms with E-state index in [0.29, 0.717) is 0 Å². The lowest BCUT2D eigenvalue weighted by Gasteiger charge is -2.17. The van der Waals surface area contributed by atoms with Crippen molar-refractivity contribution >= 4 is 11.9 Å². The summed E-state index contributed by atoms with van der Waals surface area (Å²) in [6.45, 7) is 3.70. The lowest BCUT2D eigenvalue weighted by Crippen LogP contribution is -2.45. The smallest absolute Gasteiger partial charge is 0.326 e. The molecule has 0 aliphatic heterocycles. The molecule has 1 amide bonds. The van der Waals surface area contributed by atoms with Crippen LogP contribution >= 0.6 is 0 Å². The monoisotopic (exact) mass is 242 g/mol. The van der Waals surface area contributed by atoms with Gasteiger partial charge < -0.3 is 15.5 Å². The summed E-state index contributed by atoms with van der Waals surface area (Å²) in [5.74, 6) is -1.77. The van der Waals surface area contributed by atoms with Crippen LogP contribution in [0.15, 0.2) is 0 Å². The van der Waals surface area contributed by atoms with E-state index in [2.05, 4.69) is 5.32 Å². The maximum Gasteiger partial charge on any atom is 0.326 e. The van der Waals surface area contributed by atoms with Crippen molar-refractivity contribution in [2.45, 2.75) is 45.3 Å². The lowest BCUT2D eigenvalue weighted by atomic mass is 10.0. The molecule has 0 aromatic carbocycles. The number of hydrogen-bond acceptors (Lipinski definition) is 4. The number of nitriles is 1. The van der Waals surface area contributed by atoms with Crippen LogP contribution in [0.2, 0.25) is 0 Å². The number of aliphatic carboxylic acids is 1. The summed E-state index contributed by atoms with van der Waals surface area (Å²) in [7, 11) is 0. The van der Waals surface area contributed by atoms with Crippen LogP contribution in [0.1, 0.15) is 33.1 Å². The van der Waals surface area contributed by atoms with Gasteiger partial charge in [0.2, 0.25) is 5.91 Å². The Balaban J connectivity index is 4.30. The maximum absolute atomic E-state index is 11.4. The Kier molecular flexibility index (Phi) is 6.91. The first-order valence-corrected chi connectivity index (χ1v) is 5.46. The average molecular weight is 242 g/mol. The maximum atomic E-state index is 11.4. The molecule has 0 saturated heterocycles. The fraction of sp³-hybridized carbons (Fsp3) is 0.727. The van der Waals surface area contributed by atoms with E-state index in [4.69, 9.17) is 10.4 Å². The molecular weight excluding hydrogens is 224 g/mol. The van der Waals surface area contributed by atoms with Gasteiger partial charge in [-0.25, -0.2) is 4.79 Å². The number of carbonyl (C=O) groups is 2. The van der Waals surface area contributed by atoms with Crippen LogP contribution in [0.25, 0.3) is 0 Å². The van der Waals surface area contributed by atoms with E-state index in [0.717, 1.165) is 0 Å². The third-order valence-corrected chi connectivity index (χ3v) is 2.16. The topological polar surface area (TPSA) is 110 Å². The Morgan fingerprint density at radius 2 is 2.00 bits per heavy atom. The zero-order chi connectivity index (χ0) is 13.4. The fourth-order valence-corrected chi connectivity index (χ4v) is 1.29. The summed E-state index contributed by atoms with van der Waals surface area (Å²) in [4.78, 5) is 22.2. The third-order valence-electron chi connectivity index (χ3n) is 2.16. The molecule has 0 radical (unpaired) electrons. The SMILES string of the molecule is CC(C)C[C@@H](O)C(=O)N[C@H](CCC#N)C(=O)O. The number of carboxylic acids is 1. The Hall–Kier alpha value is -1.61. The van der Waals surface area contributed by atoms with E-state index in [1.807, 2.05) is 19.9 Å². The van der Waals surface area contributed by atoms with Crippen LogP contribution in [-0.4, -0.2) is 34.2 Å². The second kappa shape index (κ2) is 7.63. The number of aliphatic hydroxyl groups is 1. The van der Waals surface area contributed by atoms with E-state index in [9.17, 15) is 14.7 Å². The minimum absolute atomic E-state index is 0.0337. The number of amides is 1. The van der Waals surface area contributed by atoms with Crippen LogP contribution in [-0.2, 0) is 9.59 Å². The molecule has 0 aromatic rings. The van der Waals surface area contributed by atoms with Gasteiger partial charge in [-0.2, -0.15) is 5.26 Å². The van der Waals surface area contributed by atoms with Crippen molar-refractivity contribution in [1.82, 2.24) is 5.32 Å². The number of hydrogen-bond donors (Lipinski definition) is 3. The first-order chi connectivity index (χ1) is 7.88. The molecule has 0 aliphatic rings. The van der Waals surface area contributed by atoms with Gasteiger partial charge in [0.05, 0.1) is 6.07 Å². The quantitative estimate of drug-likeness (QED) is 0.593. The molecule has 2 atom stereocenters. The molecule has 0 spiro atoms. The Labute approximate surface area is 100 Å². The molecule has 0 aliphatic carbocycles. The van der Waals surface area contributed by atoms with Crippen LogP contribution in [0.4, 0.5) is 0 Å². The molecule has 0 rings (SSSR count). The summed E-state index contributed by atoms with van der Waals surface area (Å²) in [5.41, 5.74) is 0. The van der Waals surface area contributed by atoms with Gasteiger partial charge in [-0.1, -0.05) is 13.8 Å². The predicted octanol–water partition coefficient (Wildman–Crippen LogP) is 0.267. The number of carboxylic acid groups (broad SMARTS) is 1. The summed E-state index contributed by atoms with van der Waals surface area (Å²) < 4.78 is 0. The number of nitrogens with one attached hydrogen (secondary N) is 1. The van der Waals surface area contributed by atoms with Crippen molar-refractivity contribution in [3.05, 3.63) is 0 Å². The van der Waals surface area contributed by atoms with Crippen LogP contribution in [0, 0.1) is 17.2 Å². The van der Waals surface area contributed by atoms with Crippen LogP contribution in [0.5, 0.6) is 0 Å². The van der Waals surface area contributed by atoms with E-state index < -0.39 is 24.0 Å². The molecule has 3 N–H and O–H groups in total. The van der Waals surface area contributed by atoms with E-state index >= 15 is 0 Å². The summed E-state index contributed by atoms with van der Waals surface area (Å²) >= 11 is 0. The number of carbonyl (C=O) groups excluding carboxylic acids is 1. The molecule has 96 valence electrons. The highest BCUT2D eigenvalue weighted by atomic mass is 16.4. The average Bonchev–Trinajstić information content (AvgIpc) is 2.22. The zero-order valence-electron chi connectivity index (χ0n) is 10.0. The van der Waals surface area contributed by atoms with Gasteiger partial charge in [0.1, 0.15) is 12.1 Å². The van der Waals surface area contributed by atoms with E-state index in [1.165, 1.54) is 0 Å². The first kappa shape index (κ1) is 15.4. The highest BCUT2D eigenvalue weighted by Crippen LogP contribution is 2.05. The lowest BCUT2D eigenvalue weighted by molar-refractivity contribution is -0.143.